The van der Waals surface area contributed by atoms with Crippen molar-refractivity contribution in [1.29, 1.82) is 0 Å². The van der Waals surface area contributed by atoms with Gasteiger partial charge < -0.3 is 5.11 Å². The first-order valence-electron chi connectivity index (χ1n) is 7.07. The number of hydrogen-bond acceptors (Lipinski definition) is 4. The molecule has 0 radical (unpaired) electrons. The molecule has 0 saturated carbocycles. The molecule has 0 aliphatic carbocycles. The van der Waals surface area contributed by atoms with E-state index in [4.69, 9.17) is 0 Å². The van der Waals surface area contributed by atoms with Gasteiger partial charge in [0.1, 0.15) is 0 Å². The summed E-state index contributed by atoms with van der Waals surface area (Å²) in [4.78, 5) is 4.03. The molecule has 6 heteroatoms. The molecule has 118 valence electrons. The monoisotopic (exact) mass is 320 g/mol. The highest BCUT2D eigenvalue weighted by Crippen LogP contribution is 2.24. The highest BCUT2D eigenvalue weighted by Gasteiger charge is 2.21. The van der Waals surface area contributed by atoms with Gasteiger partial charge in [-0.1, -0.05) is 12.1 Å². The minimum absolute atomic E-state index is 0.00952. The Balaban J connectivity index is 2.45. The van der Waals surface area contributed by atoms with Gasteiger partial charge in [-0.2, -0.15) is 0 Å². The molecule has 22 heavy (non-hydrogen) atoms. The van der Waals surface area contributed by atoms with Crippen LogP contribution in [-0.2, 0) is 23.2 Å². The van der Waals surface area contributed by atoms with Crippen molar-refractivity contribution >= 4 is 15.7 Å². The molecule has 0 atom stereocenters. The summed E-state index contributed by atoms with van der Waals surface area (Å²) in [6, 6.07) is 8.92. The fraction of sp³-hybridized carbons (Fsp3) is 0.312. The number of sulfonamides is 1. The highest BCUT2D eigenvalue weighted by molar-refractivity contribution is 7.92. The average molecular weight is 320 g/mol. The number of aliphatic hydroxyl groups is 1. The molecule has 0 unspecified atom stereocenters. The number of aromatic nitrogens is 1. The lowest BCUT2D eigenvalue weighted by atomic mass is 10.1. The lowest BCUT2D eigenvalue weighted by molar-refractivity contribution is 0.281. The van der Waals surface area contributed by atoms with Crippen LogP contribution in [-0.4, -0.2) is 24.3 Å². The van der Waals surface area contributed by atoms with E-state index in [1.54, 1.807) is 37.5 Å². The summed E-state index contributed by atoms with van der Waals surface area (Å²) in [5, 5.41) is 9.40. The molecule has 1 heterocycles. The lowest BCUT2D eigenvalue weighted by Gasteiger charge is -2.24. The minimum Gasteiger partial charge on any atom is -0.392 e. The molecule has 0 aliphatic heterocycles. The van der Waals surface area contributed by atoms with Gasteiger partial charge in [0.2, 0.25) is 10.0 Å². The number of benzene rings is 1. The van der Waals surface area contributed by atoms with Crippen LogP contribution < -0.4 is 4.31 Å². The smallest absolute Gasteiger partial charge is 0.235 e. The maximum absolute atomic E-state index is 12.4. The third-order valence-electron chi connectivity index (χ3n) is 3.54. The first kappa shape index (κ1) is 16.5. The Labute approximate surface area is 131 Å². The van der Waals surface area contributed by atoms with E-state index in [1.165, 1.54) is 4.31 Å². The van der Waals surface area contributed by atoms with Crippen LogP contribution in [0.3, 0.4) is 0 Å². The molecule has 0 aliphatic rings. The highest BCUT2D eigenvalue weighted by atomic mass is 32.2. The molecular weight excluding hydrogens is 300 g/mol. The lowest BCUT2D eigenvalue weighted by Crippen LogP contribution is -2.32. The Bertz CT molecular complexity index is 730. The van der Waals surface area contributed by atoms with Gasteiger partial charge in [-0.15, -0.1) is 0 Å². The van der Waals surface area contributed by atoms with E-state index >= 15 is 0 Å². The fourth-order valence-corrected chi connectivity index (χ4v) is 3.24. The van der Waals surface area contributed by atoms with Crippen molar-refractivity contribution in [2.75, 3.05) is 10.1 Å². The summed E-state index contributed by atoms with van der Waals surface area (Å²) < 4.78 is 26.2. The maximum Gasteiger partial charge on any atom is 0.235 e. The Morgan fingerprint density at radius 3 is 2.64 bits per heavy atom. The quantitative estimate of drug-likeness (QED) is 0.886. The van der Waals surface area contributed by atoms with Gasteiger partial charge in [0, 0.05) is 12.4 Å². The van der Waals surface area contributed by atoms with Crippen molar-refractivity contribution in [3.63, 3.8) is 0 Å². The Kier molecular flexibility index (Phi) is 5.15. The van der Waals surface area contributed by atoms with Gasteiger partial charge >= 0.3 is 0 Å². The van der Waals surface area contributed by atoms with E-state index in [9.17, 15) is 13.5 Å². The standard InChI is InChI=1S/C16H20N2O3S/c1-3-22(20,21)18(11-14-5-4-8-17-10-14)16-7-6-13(2)15(9-16)12-19/h4-10,19H,3,11-12H2,1-2H3. The van der Waals surface area contributed by atoms with Gasteiger partial charge in [-0.05, 0) is 48.7 Å². The normalized spacial score (nSPS) is 11.4. The topological polar surface area (TPSA) is 70.5 Å². The largest absolute Gasteiger partial charge is 0.392 e. The Hall–Kier alpha value is -1.92. The molecule has 2 aromatic rings. The summed E-state index contributed by atoms with van der Waals surface area (Å²) in [5.74, 6) is 0.00952. The number of anilines is 1. The molecule has 1 aromatic carbocycles. The van der Waals surface area contributed by atoms with E-state index in [-0.39, 0.29) is 18.9 Å². The second-order valence-electron chi connectivity index (χ2n) is 5.04. The molecule has 5 nitrogen and oxygen atoms in total. The second kappa shape index (κ2) is 6.89. The van der Waals surface area contributed by atoms with Crippen molar-refractivity contribution in [3.05, 3.63) is 59.4 Å². The average Bonchev–Trinajstić information content (AvgIpc) is 2.54. The van der Waals surface area contributed by atoms with Crippen LogP contribution in [0.2, 0.25) is 0 Å². The van der Waals surface area contributed by atoms with Crippen molar-refractivity contribution in [3.8, 4) is 0 Å². The van der Waals surface area contributed by atoms with E-state index in [2.05, 4.69) is 4.98 Å². The number of nitrogens with zero attached hydrogens (tertiary/aromatic N) is 2. The molecule has 0 bridgehead atoms. The number of aryl methyl sites for hydroxylation is 1. The van der Waals surface area contributed by atoms with E-state index < -0.39 is 10.0 Å². The molecule has 0 spiro atoms. The summed E-state index contributed by atoms with van der Waals surface area (Å²) in [5.41, 5.74) is 3.02. The van der Waals surface area contributed by atoms with Gasteiger partial charge in [-0.25, -0.2) is 8.42 Å². The zero-order valence-electron chi connectivity index (χ0n) is 12.7. The minimum atomic E-state index is -3.43. The van der Waals surface area contributed by atoms with Crippen molar-refractivity contribution in [2.24, 2.45) is 0 Å². The van der Waals surface area contributed by atoms with Crippen LogP contribution in [0.1, 0.15) is 23.6 Å². The second-order valence-corrected chi connectivity index (χ2v) is 7.22. The zero-order chi connectivity index (χ0) is 16.2. The third kappa shape index (κ3) is 3.64. The van der Waals surface area contributed by atoms with Gasteiger partial charge in [0.25, 0.3) is 0 Å². The predicted octanol–water partition coefficient (Wildman–Crippen LogP) is 2.24. The van der Waals surface area contributed by atoms with Crippen molar-refractivity contribution < 1.29 is 13.5 Å². The van der Waals surface area contributed by atoms with Crippen molar-refractivity contribution in [1.82, 2.24) is 4.98 Å². The van der Waals surface area contributed by atoms with E-state index in [1.807, 2.05) is 19.1 Å². The summed E-state index contributed by atoms with van der Waals surface area (Å²) in [6.07, 6.45) is 3.30. The molecule has 1 N–H and O–H groups in total. The van der Waals surface area contributed by atoms with Crippen LogP contribution in [0.4, 0.5) is 5.69 Å². The van der Waals surface area contributed by atoms with Crippen LogP contribution in [0, 0.1) is 6.92 Å². The van der Waals surface area contributed by atoms with E-state index in [0.29, 0.717) is 5.69 Å². The molecule has 0 amide bonds. The number of pyridine rings is 1. The summed E-state index contributed by atoms with van der Waals surface area (Å²) >= 11 is 0. The third-order valence-corrected chi connectivity index (χ3v) is 5.28. The van der Waals surface area contributed by atoms with Crippen LogP contribution in [0.15, 0.2) is 42.7 Å². The number of rotatable bonds is 6. The number of aliphatic hydroxyl groups excluding tert-OH is 1. The molecule has 0 fully saturated rings. The maximum atomic E-state index is 12.4. The molecular formula is C16H20N2O3S. The first-order valence-corrected chi connectivity index (χ1v) is 8.68. The SMILES string of the molecule is CCS(=O)(=O)N(Cc1cccnc1)c1ccc(C)c(CO)c1. The van der Waals surface area contributed by atoms with Crippen LogP contribution in [0.25, 0.3) is 0 Å². The Morgan fingerprint density at radius 2 is 2.05 bits per heavy atom. The Morgan fingerprint density at radius 1 is 1.27 bits per heavy atom. The zero-order valence-corrected chi connectivity index (χ0v) is 13.5. The van der Waals surface area contributed by atoms with Crippen LogP contribution in [0.5, 0.6) is 0 Å². The first-order chi connectivity index (χ1) is 10.5. The molecule has 1 aromatic heterocycles. The van der Waals surface area contributed by atoms with Crippen LogP contribution >= 0.6 is 0 Å². The van der Waals surface area contributed by atoms with Gasteiger partial charge in [-0.3, -0.25) is 9.29 Å². The molecule has 2 rings (SSSR count). The fourth-order valence-electron chi connectivity index (χ4n) is 2.15. The summed E-state index contributed by atoms with van der Waals surface area (Å²) in [7, 11) is -3.43. The predicted molar refractivity (Wildman–Crippen MR) is 87.0 cm³/mol. The van der Waals surface area contributed by atoms with E-state index in [0.717, 1.165) is 16.7 Å². The van der Waals surface area contributed by atoms with Gasteiger partial charge in [0.15, 0.2) is 0 Å². The summed E-state index contributed by atoms with van der Waals surface area (Å²) in [6.45, 7) is 3.60. The molecule has 0 saturated heterocycles. The number of hydrogen-bond donors (Lipinski definition) is 1. The van der Waals surface area contributed by atoms with Gasteiger partial charge in [0.05, 0.1) is 24.6 Å². The van der Waals surface area contributed by atoms with Crippen molar-refractivity contribution in [2.45, 2.75) is 27.0 Å².